The highest BCUT2D eigenvalue weighted by Crippen LogP contribution is 2.35. The Morgan fingerprint density at radius 3 is 2.62 bits per heavy atom. The van der Waals surface area contributed by atoms with E-state index >= 15 is 0 Å². The second-order valence-electron chi connectivity index (χ2n) is 7.88. The van der Waals surface area contributed by atoms with Gasteiger partial charge in [0.05, 0.1) is 15.5 Å². The van der Waals surface area contributed by atoms with Crippen molar-refractivity contribution < 1.29 is 38.2 Å². The molecule has 0 aliphatic carbocycles. The first-order chi connectivity index (χ1) is 17.8. The molecule has 2 N–H and O–H groups in total. The largest absolute Gasteiger partial charge is 0.486 e. The third kappa shape index (κ3) is 5.18. The molecule has 3 heterocycles. The summed E-state index contributed by atoms with van der Waals surface area (Å²) in [6.45, 7) is 0.361. The van der Waals surface area contributed by atoms with Gasteiger partial charge in [0.25, 0.3) is 11.1 Å². The minimum absolute atomic E-state index is 0.0352. The van der Waals surface area contributed by atoms with Crippen molar-refractivity contribution in [2.75, 3.05) is 25.1 Å². The van der Waals surface area contributed by atoms with Crippen LogP contribution in [0.2, 0.25) is 5.02 Å². The summed E-state index contributed by atoms with van der Waals surface area (Å²) in [6.07, 6.45) is 1.38. The minimum Gasteiger partial charge on any atom is -0.486 e. The van der Waals surface area contributed by atoms with Crippen LogP contribution >= 0.6 is 23.4 Å². The van der Waals surface area contributed by atoms with Gasteiger partial charge in [0.1, 0.15) is 31.3 Å². The van der Waals surface area contributed by atoms with E-state index in [0.717, 1.165) is 4.90 Å². The van der Waals surface area contributed by atoms with E-state index in [9.17, 15) is 24.3 Å². The molecule has 0 unspecified atom stereocenters. The molecule has 0 saturated carbocycles. The fraction of sp³-hybridized carbons (Fsp3) is 0.120. The van der Waals surface area contributed by atoms with Crippen LogP contribution in [0, 0.1) is 0 Å². The molecule has 0 bridgehead atoms. The summed E-state index contributed by atoms with van der Waals surface area (Å²) in [5.41, 5.74) is 0.837. The number of ether oxygens (including phenoxy) is 2. The second-order valence-corrected chi connectivity index (χ2v) is 9.28. The number of aromatic carboxylic acids is 1. The van der Waals surface area contributed by atoms with Gasteiger partial charge < -0.3 is 24.3 Å². The van der Waals surface area contributed by atoms with E-state index in [1.54, 1.807) is 30.3 Å². The number of halogens is 1. The average molecular weight is 541 g/mol. The maximum Gasteiger partial charge on any atom is 0.335 e. The molecule has 12 heteroatoms. The molecule has 5 rings (SSSR count). The lowest BCUT2D eigenvalue weighted by molar-refractivity contribution is -0.127. The number of carbonyl (C=O) groups excluding carboxylic acids is 3. The van der Waals surface area contributed by atoms with Crippen LogP contribution in [0.25, 0.3) is 17.4 Å². The fourth-order valence-electron chi connectivity index (χ4n) is 3.65. The molecule has 2 aliphatic heterocycles. The maximum absolute atomic E-state index is 12.8. The molecule has 2 aliphatic rings. The van der Waals surface area contributed by atoms with Gasteiger partial charge in [0, 0.05) is 23.4 Å². The van der Waals surface area contributed by atoms with Crippen molar-refractivity contribution in [3.05, 3.63) is 69.8 Å². The van der Waals surface area contributed by atoms with Gasteiger partial charge >= 0.3 is 5.97 Å². The predicted octanol–water partition coefficient (Wildman–Crippen LogP) is 4.74. The van der Waals surface area contributed by atoms with Gasteiger partial charge in [0.2, 0.25) is 5.91 Å². The van der Waals surface area contributed by atoms with Crippen LogP contribution < -0.4 is 14.8 Å². The number of carboxylic acid groups (broad SMARTS) is 1. The quantitative estimate of drug-likeness (QED) is 0.425. The number of nitrogens with zero attached hydrogens (tertiary/aromatic N) is 1. The van der Waals surface area contributed by atoms with Crippen LogP contribution in [-0.2, 0) is 9.59 Å². The number of nitrogens with one attached hydrogen (secondary N) is 1. The highest BCUT2D eigenvalue weighted by molar-refractivity contribution is 8.18. The maximum atomic E-state index is 12.8. The third-order valence-corrected chi connectivity index (χ3v) is 6.62. The van der Waals surface area contributed by atoms with E-state index in [-0.39, 0.29) is 27.0 Å². The molecule has 37 heavy (non-hydrogen) atoms. The lowest BCUT2D eigenvalue weighted by Gasteiger charge is -2.19. The molecule has 0 radical (unpaired) electrons. The van der Waals surface area contributed by atoms with Gasteiger partial charge in [-0.1, -0.05) is 11.6 Å². The van der Waals surface area contributed by atoms with E-state index in [4.69, 9.17) is 25.5 Å². The molecule has 1 saturated heterocycles. The fourth-order valence-corrected chi connectivity index (χ4v) is 4.68. The number of carboxylic acids is 1. The van der Waals surface area contributed by atoms with Gasteiger partial charge in [-0.2, -0.15) is 0 Å². The summed E-state index contributed by atoms with van der Waals surface area (Å²) < 4.78 is 16.7. The monoisotopic (exact) mass is 540 g/mol. The van der Waals surface area contributed by atoms with Crippen LogP contribution in [0.4, 0.5) is 10.5 Å². The normalized spacial score (nSPS) is 15.8. The smallest absolute Gasteiger partial charge is 0.335 e. The van der Waals surface area contributed by atoms with Crippen LogP contribution in [-0.4, -0.2) is 52.8 Å². The van der Waals surface area contributed by atoms with Crippen molar-refractivity contribution in [3.63, 3.8) is 0 Å². The topological polar surface area (TPSA) is 135 Å². The summed E-state index contributed by atoms with van der Waals surface area (Å²) in [5.74, 6) is -0.721. The Morgan fingerprint density at radius 2 is 1.84 bits per heavy atom. The number of furan rings is 1. The number of anilines is 1. The highest BCUT2D eigenvalue weighted by Gasteiger charge is 2.36. The Labute approximate surface area is 218 Å². The van der Waals surface area contributed by atoms with Crippen LogP contribution in [0.5, 0.6) is 11.5 Å². The number of imide groups is 1. The molecular weight excluding hydrogens is 524 g/mol. The van der Waals surface area contributed by atoms with Gasteiger partial charge in [-0.05, 0) is 54.2 Å². The summed E-state index contributed by atoms with van der Waals surface area (Å²) in [4.78, 5) is 50.0. The summed E-state index contributed by atoms with van der Waals surface area (Å²) in [5, 5.41) is 11.5. The molecule has 0 spiro atoms. The Kier molecular flexibility index (Phi) is 6.64. The third-order valence-electron chi connectivity index (χ3n) is 5.38. The first kappa shape index (κ1) is 24.5. The Balaban J connectivity index is 1.27. The van der Waals surface area contributed by atoms with Crippen LogP contribution in [0.3, 0.4) is 0 Å². The molecule has 1 aromatic heterocycles. The number of hydrogen-bond donors (Lipinski definition) is 2. The summed E-state index contributed by atoms with van der Waals surface area (Å²) in [6, 6.07) is 12.2. The molecule has 188 valence electrons. The number of benzene rings is 2. The molecule has 10 nitrogen and oxygen atoms in total. The van der Waals surface area contributed by atoms with E-state index in [2.05, 4.69) is 5.32 Å². The van der Waals surface area contributed by atoms with Gasteiger partial charge in [0.15, 0.2) is 11.5 Å². The lowest BCUT2D eigenvalue weighted by atomic mass is 10.1. The zero-order chi connectivity index (χ0) is 26.1. The first-order valence-corrected chi connectivity index (χ1v) is 12.1. The SMILES string of the molecule is O=C(CN1C(=O)SC(=Cc2ccc(-c3cc(C(=O)O)ccc3Cl)o2)C1=O)Nc1ccc2c(c1)OCCO2. The standard InChI is InChI=1S/C25H17ClN2O8S/c26-17-4-1-13(24(31)32)9-16(17)18-6-3-15(36-18)11-21-23(30)28(25(33)37-21)12-22(29)27-14-2-5-19-20(10-14)35-8-7-34-19/h1-6,9-11H,7-8,12H2,(H,27,29)(H,31,32). The molecule has 3 amide bonds. The predicted molar refractivity (Wildman–Crippen MR) is 135 cm³/mol. The molecule has 1 fully saturated rings. The number of hydrogen-bond acceptors (Lipinski definition) is 8. The lowest BCUT2D eigenvalue weighted by Crippen LogP contribution is -2.36. The number of thioether (sulfide) groups is 1. The minimum atomic E-state index is -1.11. The van der Waals surface area contributed by atoms with E-state index in [1.807, 2.05) is 0 Å². The van der Waals surface area contributed by atoms with Crippen molar-refractivity contribution in [1.29, 1.82) is 0 Å². The highest BCUT2D eigenvalue weighted by atomic mass is 35.5. The second kappa shape index (κ2) is 10.0. The van der Waals surface area contributed by atoms with Crippen molar-refractivity contribution >= 4 is 58.1 Å². The van der Waals surface area contributed by atoms with Gasteiger partial charge in [-0.3, -0.25) is 19.3 Å². The first-order valence-electron chi connectivity index (χ1n) is 10.9. The van der Waals surface area contributed by atoms with Gasteiger partial charge in [-0.15, -0.1) is 0 Å². The van der Waals surface area contributed by atoms with Gasteiger partial charge in [-0.25, -0.2) is 4.79 Å². The molecular formula is C25H17ClN2O8S. The summed E-state index contributed by atoms with van der Waals surface area (Å²) >= 11 is 6.87. The number of carbonyl (C=O) groups is 4. The number of fused-ring (bicyclic) bond motifs is 1. The Morgan fingerprint density at radius 1 is 1.05 bits per heavy atom. The Bertz CT molecular complexity index is 1480. The number of rotatable bonds is 6. The van der Waals surface area contributed by atoms with Crippen LogP contribution in [0.15, 0.2) is 57.9 Å². The van der Waals surface area contributed by atoms with Crippen molar-refractivity contribution in [3.8, 4) is 22.8 Å². The summed E-state index contributed by atoms with van der Waals surface area (Å²) in [7, 11) is 0. The molecule has 2 aromatic carbocycles. The van der Waals surface area contributed by atoms with Crippen LogP contribution in [0.1, 0.15) is 16.1 Å². The Hall–Kier alpha value is -4.22. The van der Waals surface area contributed by atoms with Crippen molar-refractivity contribution in [2.45, 2.75) is 0 Å². The van der Waals surface area contributed by atoms with E-state index in [0.29, 0.717) is 47.7 Å². The zero-order valence-electron chi connectivity index (χ0n) is 18.9. The van der Waals surface area contributed by atoms with Crippen molar-refractivity contribution in [2.24, 2.45) is 0 Å². The average Bonchev–Trinajstić information content (AvgIpc) is 3.44. The zero-order valence-corrected chi connectivity index (χ0v) is 20.4. The van der Waals surface area contributed by atoms with E-state index in [1.165, 1.54) is 24.3 Å². The van der Waals surface area contributed by atoms with Crippen molar-refractivity contribution in [1.82, 2.24) is 4.90 Å². The molecule has 0 atom stereocenters. The van der Waals surface area contributed by atoms with E-state index < -0.39 is 29.6 Å². The molecule has 3 aromatic rings. The number of amides is 3.